The molecule has 0 saturated carbocycles. The number of rotatable bonds is 6. The molecule has 3 aromatic carbocycles. The van der Waals surface area contributed by atoms with Gasteiger partial charge in [0.15, 0.2) is 12.4 Å². The van der Waals surface area contributed by atoms with E-state index in [0.717, 1.165) is 5.56 Å². The predicted molar refractivity (Wildman–Crippen MR) is 103 cm³/mol. The molecule has 0 spiro atoms. The number of carbonyl (C=O) groups excluding carboxylic acids is 2. The van der Waals surface area contributed by atoms with Crippen LogP contribution in [0.4, 0.5) is 5.69 Å². The van der Waals surface area contributed by atoms with Crippen molar-refractivity contribution in [3.05, 3.63) is 90.0 Å². The molecule has 0 aliphatic heterocycles. The molecule has 0 bridgehead atoms. The average molecular weight is 361 g/mol. The zero-order valence-corrected chi connectivity index (χ0v) is 14.8. The second-order valence-electron chi connectivity index (χ2n) is 5.90. The minimum Gasteiger partial charge on any atom is -0.455 e. The van der Waals surface area contributed by atoms with E-state index in [0.29, 0.717) is 22.7 Å². The molecular weight excluding hydrogens is 342 g/mol. The van der Waals surface area contributed by atoms with Crippen molar-refractivity contribution in [3.63, 3.8) is 0 Å². The fourth-order valence-corrected chi connectivity index (χ4v) is 2.36. The predicted octanol–water partition coefficient (Wildman–Crippen LogP) is 4.58. The standard InChI is InChI=1S/C22H19NO4/c1-16-11-13-17(14-12-16)22(25)26-15-21(24)23-19-9-5-6-10-20(19)27-18-7-3-2-4-8-18/h2-14H,15H2,1H3,(H,23,24). The van der Waals surface area contributed by atoms with Crippen LogP contribution in [0.25, 0.3) is 0 Å². The van der Waals surface area contributed by atoms with Crippen LogP contribution in [0, 0.1) is 6.92 Å². The Morgan fingerprint density at radius 1 is 0.852 bits per heavy atom. The lowest BCUT2D eigenvalue weighted by atomic mass is 10.1. The molecule has 0 radical (unpaired) electrons. The molecule has 136 valence electrons. The molecule has 0 aliphatic carbocycles. The van der Waals surface area contributed by atoms with Gasteiger partial charge in [-0.15, -0.1) is 0 Å². The average Bonchev–Trinajstić information content (AvgIpc) is 2.69. The highest BCUT2D eigenvalue weighted by molar-refractivity contribution is 5.96. The fourth-order valence-electron chi connectivity index (χ4n) is 2.36. The Balaban J connectivity index is 1.59. The number of anilines is 1. The maximum atomic E-state index is 12.2. The van der Waals surface area contributed by atoms with Crippen LogP contribution < -0.4 is 10.1 Å². The Labute approximate surface area is 157 Å². The van der Waals surface area contributed by atoms with E-state index in [1.54, 1.807) is 30.3 Å². The molecule has 1 amide bonds. The minimum absolute atomic E-state index is 0.383. The van der Waals surface area contributed by atoms with Gasteiger partial charge >= 0.3 is 5.97 Å². The summed E-state index contributed by atoms with van der Waals surface area (Å²) < 4.78 is 10.9. The Morgan fingerprint density at radius 2 is 1.52 bits per heavy atom. The van der Waals surface area contributed by atoms with Gasteiger partial charge in [-0.05, 0) is 43.3 Å². The van der Waals surface area contributed by atoms with Gasteiger partial charge < -0.3 is 14.8 Å². The van der Waals surface area contributed by atoms with Gasteiger partial charge in [0.2, 0.25) is 0 Å². The molecule has 1 N–H and O–H groups in total. The normalized spacial score (nSPS) is 10.1. The summed E-state index contributed by atoms with van der Waals surface area (Å²) in [7, 11) is 0. The number of carbonyl (C=O) groups is 2. The lowest BCUT2D eigenvalue weighted by molar-refractivity contribution is -0.119. The van der Waals surface area contributed by atoms with Gasteiger partial charge in [-0.2, -0.15) is 0 Å². The first-order valence-corrected chi connectivity index (χ1v) is 8.47. The quantitative estimate of drug-likeness (QED) is 0.653. The second kappa shape index (κ2) is 8.67. The van der Waals surface area contributed by atoms with Crippen molar-refractivity contribution in [2.45, 2.75) is 6.92 Å². The van der Waals surface area contributed by atoms with Crippen LogP contribution in [0.1, 0.15) is 15.9 Å². The fraction of sp³-hybridized carbons (Fsp3) is 0.0909. The Kier molecular flexibility index (Phi) is 5.84. The number of benzene rings is 3. The van der Waals surface area contributed by atoms with Crippen LogP contribution in [0.15, 0.2) is 78.9 Å². The third-order valence-corrected chi connectivity index (χ3v) is 3.75. The number of aryl methyl sites for hydroxylation is 1. The summed E-state index contributed by atoms with van der Waals surface area (Å²) >= 11 is 0. The summed E-state index contributed by atoms with van der Waals surface area (Å²) in [6.07, 6.45) is 0. The van der Waals surface area contributed by atoms with Gasteiger partial charge in [0.05, 0.1) is 11.3 Å². The summed E-state index contributed by atoms with van der Waals surface area (Å²) in [5.74, 6) is 0.172. The highest BCUT2D eigenvalue weighted by Crippen LogP contribution is 2.28. The van der Waals surface area contributed by atoms with Gasteiger partial charge in [-0.25, -0.2) is 4.79 Å². The maximum absolute atomic E-state index is 12.2. The van der Waals surface area contributed by atoms with Crippen molar-refractivity contribution in [1.29, 1.82) is 0 Å². The molecule has 27 heavy (non-hydrogen) atoms. The first-order chi connectivity index (χ1) is 13.1. The van der Waals surface area contributed by atoms with E-state index in [4.69, 9.17) is 9.47 Å². The number of esters is 1. The van der Waals surface area contributed by atoms with Crippen LogP contribution in [0.5, 0.6) is 11.5 Å². The van der Waals surface area contributed by atoms with Crippen LogP contribution in [0.2, 0.25) is 0 Å². The molecule has 0 unspecified atom stereocenters. The summed E-state index contributed by atoms with van der Waals surface area (Å²) in [6.45, 7) is 1.55. The molecule has 0 fully saturated rings. The number of ether oxygens (including phenoxy) is 2. The van der Waals surface area contributed by atoms with Crippen LogP contribution >= 0.6 is 0 Å². The van der Waals surface area contributed by atoms with Crippen molar-refractivity contribution < 1.29 is 19.1 Å². The molecule has 0 saturated heterocycles. The molecule has 5 heteroatoms. The maximum Gasteiger partial charge on any atom is 0.338 e. The number of hydrogen-bond acceptors (Lipinski definition) is 4. The third kappa shape index (κ3) is 5.19. The summed E-state index contributed by atoms with van der Waals surface area (Å²) in [6, 6.07) is 23.3. The molecular formula is C22H19NO4. The topological polar surface area (TPSA) is 64.6 Å². The van der Waals surface area contributed by atoms with Gasteiger partial charge in [0.1, 0.15) is 5.75 Å². The molecule has 3 aromatic rings. The van der Waals surface area contributed by atoms with Crippen LogP contribution in [-0.4, -0.2) is 18.5 Å². The number of amides is 1. The first-order valence-electron chi connectivity index (χ1n) is 8.47. The van der Waals surface area contributed by atoms with E-state index < -0.39 is 11.9 Å². The Hall–Kier alpha value is -3.60. The van der Waals surface area contributed by atoms with E-state index >= 15 is 0 Å². The summed E-state index contributed by atoms with van der Waals surface area (Å²) in [5, 5.41) is 2.71. The van der Waals surface area contributed by atoms with Crippen LogP contribution in [0.3, 0.4) is 0 Å². The van der Waals surface area contributed by atoms with E-state index in [1.165, 1.54) is 0 Å². The number of para-hydroxylation sites is 3. The van der Waals surface area contributed by atoms with Crippen molar-refractivity contribution >= 4 is 17.6 Å². The molecule has 0 atom stereocenters. The highest BCUT2D eigenvalue weighted by atomic mass is 16.5. The summed E-state index contributed by atoms with van der Waals surface area (Å²) in [4.78, 5) is 24.2. The zero-order chi connectivity index (χ0) is 19.1. The Bertz CT molecular complexity index is 921. The van der Waals surface area contributed by atoms with Crippen molar-refractivity contribution in [2.24, 2.45) is 0 Å². The number of hydrogen-bond donors (Lipinski definition) is 1. The highest BCUT2D eigenvalue weighted by Gasteiger charge is 2.12. The van der Waals surface area contributed by atoms with Gasteiger partial charge in [0, 0.05) is 0 Å². The molecule has 3 rings (SSSR count). The molecule has 5 nitrogen and oxygen atoms in total. The summed E-state index contributed by atoms with van der Waals surface area (Å²) in [5.41, 5.74) is 1.94. The SMILES string of the molecule is Cc1ccc(C(=O)OCC(=O)Nc2ccccc2Oc2ccccc2)cc1. The number of nitrogens with one attached hydrogen (secondary N) is 1. The second-order valence-corrected chi connectivity index (χ2v) is 5.90. The molecule has 0 aliphatic rings. The van der Waals surface area contributed by atoms with Crippen molar-refractivity contribution in [1.82, 2.24) is 0 Å². The van der Waals surface area contributed by atoms with E-state index in [-0.39, 0.29) is 6.61 Å². The largest absolute Gasteiger partial charge is 0.455 e. The van der Waals surface area contributed by atoms with E-state index in [9.17, 15) is 9.59 Å². The monoisotopic (exact) mass is 361 g/mol. The molecule has 0 heterocycles. The smallest absolute Gasteiger partial charge is 0.338 e. The van der Waals surface area contributed by atoms with Crippen LogP contribution in [-0.2, 0) is 9.53 Å². The molecule has 0 aromatic heterocycles. The Morgan fingerprint density at radius 3 is 2.26 bits per heavy atom. The van der Waals surface area contributed by atoms with E-state index in [1.807, 2.05) is 55.5 Å². The lowest BCUT2D eigenvalue weighted by Crippen LogP contribution is -2.21. The minimum atomic E-state index is -0.543. The third-order valence-electron chi connectivity index (χ3n) is 3.75. The van der Waals surface area contributed by atoms with Gasteiger partial charge in [-0.1, -0.05) is 48.0 Å². The first kappa shape index (κ1) is 18.2. The van der Waals surface area contributed by atoms with Crippen molar-refractivity contribution in [2.75, 3.05) is 11.9 Å². The van der Waals surface area contributed by atoms with E-state index in [2.05, 4.69) is 5.32 Å². The lowest BCUT2D eigenvalue weighted by Gasteiger charge is -2.12. The van der Waals surface area contributed by atoms with Gasteiger partial charge in [-0.3, -0.25) is 4.79 Å². The van der Waals surface area contributed by atoms with Crippen molar-refractivity contribution in [3.8, 4) is 11.5 Å². The zero-order valence-electron chi connectivity index (χ0n) is 14.8. The van der Waals surface area contributed by atoms with Gasteiger partial charge in [0.25, 0.3) is 5.91 Å².